The van der Waals surface area contributed by atoms with Gasteiger partial charge in [0.25, 0.3) is 0 Å². The molecule has 5 heteroatoms. The third-order valence-corrected chi connectivity index (χ3v) is 5.02. The van der Waals surface area contributed by atoms with Crippen molar-refractivity contribution in [2.24, 2.45) is 0 Å². The number of fused-ring (bicyclic) bond motifs is 1. The van der Waals surface area contributed by atoms with E-state index in [0.29, 0.717) is 13.2 Å². The van der Waals surface area contributed by atoms with Crippen LogP contribution in [-0.4, -0.2) is 28.6 Å². The normalized spacial score (nSPS) is 11.0. The van der Waals surface area contributed by atoms with Crippen LogP contribution in [0.5, 0.6) is 5.75 Å². The second kappa shape index (κ2) is 9.40. The minimum atomic E-state index is 0.0112. The smallest absolute Gasteiger partial charge is 0.216 e. The topological polar surface area (TPSA) is 56.2 Å². The average Bonchev–Trinajstić information content (AvgIpc) is 3.03. The zero-order chi connectivity index (χ0) is 19.9. The van der Waals surface area contributed by atoms with Crippen LogP contribution in [0.15, 0.2) is 42.5 Å². The number of aromatic nitrogens is 2. The highest BCUT2D eigenvalue weighted by atomic mass is 16.5. The summed E-state index contributed by atoms with van der Waals surface area (Å²) in [5.74, 6) is 2.04. The maximum Gasteiger partial charge on any atom is 0.216 e. The Kier molecular flexibility index (Phi) is 6.69. The number of rotatable bonds is 9. The predicted octanol–water partition coefficient (Wildman–Crippen LogP) is 4.19. The van der Waals surface area contributed by atoms with Crippen molar-refractivity contribution in [2.45, 2.75) is 46.6 Å². The molecule has 1 heterocycles. The van der Waals surface area contributed by atoms with Crippen molar-refractivity contribution in [1.82, 2.24) is 14.9 Å². The quantitative estimate of drug-likeness (QED) is 0.567. The lowest BCUT2D eigenvalue weighted by molar-refractivity contribution is -0.118. The fourth-order valence-corrected chi connectivity index (χ4v) is 3.36. The van der Waals surface area contributed by atoms with Crippen molar-refractivity contribution in [3.05, 3.63) is 59.4 Å². The lowest BCUT2D eigenvalue weighted by Crippen LogP contribution is -2.21. The third-order valence-electron chi connectivity index (χ3n) is 5.02. The Hall–Kier alpha value is -2.82. The van der Waals surface area contributed by atoms with E-state index in [-0.39, 0.29) is 5.91 Å². The van der Waals surface area contributed by atoms with Crippen LogP contribution in [0.25, 0.3) is 11.0 Å². The Labute approximate surface area is 166 Å². The van der Waals surface area contributed by atoms with Gasteiger partial charge in [-0.2, -0.15) is 0 Å². The largest absolute Gasteiger partial charge is 0.493 e. The van der Waals surface area contributed by atoms with Crippen LogP contribution in [0.4, 0.5) is 0 Å². The number of carbonyl (C=O) groups is 1. The van der Waals surface area contributed by atoms with Gasteiger partial charge in [-0.15, -0.1) is 0 Å². The number of hydrogen-bond acceptors (Lipinski definition) is 3. The Morgan fingerprint density at radius 3 is 2.75 bits per heavy atom. The lowest BCUT2D eigenvalue weighted by Gasteiger charge is -2.12. The van der Waals surface area contributed by atoms with E-state index >= 15 is 0 Å². The first-order valence-electron chi connectivity index (χ1n) is 9.94. The summed E-state index contributed by atoms with van der Waals surface area (Å²) < 4.78 is 8.30. The molecular weight excluding hydrogens is 350 g/mol. The summed E-state index contributed by atoms with van der Waals surface area (Å²) in [5, 5.41) is 2.85. The number of amides is 1. The van der Waals surface area contributed by atoms with E-state index in [4.69, 9.17) is 9.72 Å². The molecule has 2 aromatic carbocycles. The Bertz CT molecular complexity index is 946. The van der Waals surface area contributed by atoms with E-state index in [1.807, 2.05) is 24.3 Å². The number of para-hydroxylation sites is 2. The minimum absolute atomic E-state index is 0.0112. The Balaban J connectivity index is 1.63. The first-order chi connectivity index (χ1) is 13.6. The van der Waals surface area contributed by atoms with Crippen molar-refractivity contribution in [1.29, 1.82) is 0 Å². The molecule has 0 radical (unpaired) electrons. The zero-order valence-corrected chi connectivity index (χ0v) is 17.0. The molecular formula is C23H29N3O2. The standard InChI is InChI=1S/C23H29N3O2/c1-17-9-6-12-22(18(17)2)28-16-8-15-26-21-11-5-4-10-20(21)25-23(26)13-7-14-24-19(3)27/h4-6,9-12H,7-8,13-16H2,1-3H3,(H,24,27). The number of nitrogens with zero attached hydrogens (tertiary/aromatic N) is 2. The number of aryl methyl sites for hydroxylation is 3. The maximum absolute atomic E-state index is 11.1. The summed E-state index contributed by atoms with van der Waals surface area (Å²) in [4.78, 5) is 15.9. The van der Waals surface area contributed by atoms with Gasteiger partial charge in [-0.05, 0) is 56.0 Å². The molecule has 0 saturated carbocycles. The molecule has 0 aliphatic heterocycles. The summed E-state index contributed by atoms with van der Waals surface area (Å²) >= 11 is 0. The first kappa shape index (κ1) is 19.9. The van der Waals surface area contributed by atoms with E-state index in [1.54, 1.807) is 6.92 Å². The predicted molar refractivity (Wildman–Crippen MR) is 113 cm³/mol. The van der Waals surface area contributed by atoms with Crippen LogP contribution < -0.4 is 10.1 Å². The third kappa shape index (κ3) is 4.91. The summed E-state index contributed by atoms with van der Waals surface area (Å²) in [6.45, 7) is 7.96. The second-order valence-corrected chi connectivity index (χ2v) is 7.15. The molecule has 0 saturated heterocycles. The summed E-state index contributed by atoms with van der Waals surface area (Å²) in [7, 11) is 0. The molecule has 1 amide bonds. The van der Waals surface area contributed by atoms with Crippen molar-refractivity contribution < 1.29 is 9.53 Å². The first-order valence-corrected chi connectivity index (χ1v) is 9.94. The molecule has 0 aliphatic rings. The van der Waals surface area contributed by atoms with Crippen LogP contribution in [0.1, 0.15) is 36.7 Å². The molecule has 28 heavy (non-hydrogen) atoms. The van der Waals surface area contributed by atoms with Crippen molar-refractivity contribution in [2.75, 3.05) is 13.2 Å². The van der Waals surface area contributed by atoms with Gasteiger partial charge < -0.3 is 14.6 Å². The van der Waals surface area contributed by atoms with Gasteiger partial charge in [-0.25, -0.2) is 4.98 Å². The SMILES string of the molecule is CC(=O)NCCCc1nc2ccccc2n1CCCOc1cccc(C)c1C. The lowest BCUT2D eigenvalue weighted by atomic mass is 10.1. The average molecular weight is 380 g/mol. The summed E-state index contributed by atoms with van der Waals surface area (Å²) in [5.41, 5.74) is 4.63. The second-order valence-electron chi connectivity index (χ2n) is 7.15. The summed E-state index contributed by atoms with van der Waals surface area (Å²) in [6.07, 6.45) is 2.63. The van der Waals surface area contributed by atoms with Gasteiger partial charge in [0.05, 0.1) is 17.6 Å². The van der Waals surface area contributed by atoms with Gasteiger partial charge in [-0.3, -0.25) is 4.79 Å². The van der Waals surface area contributed by atoms with Gasteiger partial charge in [0.15, 0.2) is 0 Å². The molecule has 5 nitrogen and oxygen atoms in total. The fraction of sp³-hybridized carbons (Fsp3) is 0.391. The van der Waals surface area contributed by atoms with Gasteiger partial charge in [-0.1, -0.05) is 24.3 Å². The molecule has 0 aliphatic carbocycles. The van der Waals surface area contributed by atoms with Crippen LogP contribution in [0.3, 0.4) is 0 Å². The zero-order valence-electron chi connectivity index (χ0n) is 17.0. The Morgan fingerprint density at radius 2 is 1.93 bits per heavy atom. The number of benzene rings is 2. The van der Waals surface area contributed by atoms with Gasteiger partial charge >= 0.3 is 0 Å². The van der Waals surface area contributed by atoms with E-state index in [0.717, 1.165) is 48.4 Å². The minimum Gasteiger partial charge on any atom is -0.493 e. The van der Waals surface area contributed by atoms with Crippen LogP contribution in [0.2, 0.25) is 0 Å². The van der Waals surface area contributed by atoms with Crippen LogP contribution >= 0.6 is 0 Å². The summed E-state index contributed by atoms with van der Waals surface area (Å²) in [6, 6.07) is 14.4. The molecule has 1 aromatic heterocycles. The van der Waals surface area contributed by atoms with E-state index < -0.39 is 0 Å². The number of nitrogens with one attached hydrogen (secondary N) is 1. The number of ether oxygens (including phenoxy) is 1. The van der Waals surface area contributed by atoms with E-state index in [9.17, 15) is 4.79 Å². The van der Waals surface area contributed by atoms with E-state index in [1.165, 1.54) is 11.1 Å². The van der Waals surface area contributed by atoms with Gasteiger partial charge in [0.1, 0.15) is 11.6 Å². The molecule has 0 unspecified atom stereocenters. The fourth-order valence-electron chi connectivity index (χ4n) is 3.36. The van der Waals surface area contributed by atoms with Crippen molar-refractivity contribution in [3.63, 3.8) is 0 Å². The molecule has 3 aromatic rings. The highest BCUT2D eigenvalue weighted by Crippen LogP contribution is 2.21. The highest BCUT2D eigenvalue weighted by molar-refractivity contribution is 5.76. The van der Waals surface area contributed by atoms with Crippen molar-refractivity contribution in [3.8, 4) is 5.75 Å². The van der Waals surface area contributed by atoms with Gasteiger partial charge in [0, 0.05) is 26.4 Å². The molecule has 0 fully saturated rings. The Morgan fingerprint density at radius 1 is 1.11 bits per heavy atom. The maximum atomic E-state index is 11.1. The molecule has 0 bridgehead atoms. The highest BCUT2D eigenvalue weighted by Gasteiger charge is 2.10. The van der Waals surface area contributed by atoms with E-state index in [2.05, 4.69) is 41.9 Å². The number of imidazole rings is 1. The molecule has 1 N–H and O–H groups in total. The molecule has 0 atom stereocenters. The number of hydrogen-bond donors (Lipinski definition) is 1. The van der Waals surface area contributed by atoms with Crippen LogP contribution in [0, 0.1) is 13.8 Å². The monoisotopic (exact) mass is 379 g/mol. The molecule has 3 rings (SSSR count). The van der Waals surface area contributed by atoms with Crippen LogP contribution in [-0.2, 0) is 17.8 Å². The van der Waals surface area contributed by atoms with Gasteiger partial charge in [0.2, 0.25) is 5.91 Å². The van der Waals surface area contributed by atoms with Crippen molar-refractivity contribution >= 4 is 16.9 Å². The number of carbonyl (C=O) groups excluding carboxylic acids is 1. The molecule has 148 valence electrons. The molecule has 0 spiro atoms.